The third kappa shape index (κ3) is 8.26. The van der Waals surface area contributed by atoms with Gasteiger partial charge in [-0.3, -0.25) is 0 Å². The fraction of sp³-hybridized carbons (Fsp3) is 0.923. The Balaban J connectivity index is 1.67. The average molecular weight is 425 g/mol. The standard InChI is InChI=1S/C26H48O4/c1-26(2,30-3)18-8-7-11-21-13-15-23(25(21)29)17-16-22-14-12-20(24(22)28)10-6-4-5-9-19-27/h16-17,20-25,27-29H,4-15,18-19H2,1-3H3/b17-16-. The smallest absolute Gasteiger partial charge is 0.0630 e. The van der Waals surface area contributed by atoms with E-state index in [9.17, 15) is 10.2 Å². The molecule has 4 nitrogen and oxygen atoms in total. The van der Waals surface area contributed by atoms with Crippen molar-refractivity contribution in [2.75, 3.05) is 13.7 Å². The lowest BCUT2D eigenvalue weighted by atomic mass is 9.92. The van der Waals surface area contributed by atoms with Crippen LogP contribution in [-0.2, 0) is 4.74 Å². The van der Waals surface area contributed by atoms with E-state index >= 15 is 0 Å². The number of unbranched alkanes of at least 4 members (excludes halogenated alkanes) is 4. The Bertz CT molecular complexity index is 489. The Morgan fingerprint density at radius 2 is 1.27 bits per heavy atom. The van der Waals surface area contributed by atoms with E-state index in [1.807, 2.05) is 0 Å². The highest BCUT2D eigenvalue weighted by molar-refractivity contribution is 5.04. The van der Waals surface area contributed by atoms with Gasteiger partial charge < -0.3 is 20.1 Å². The molecule has 0 amide bonds. The first kappa shape index (κ1) is 25.8. The van der Waals surface area contributed by atoms with Crippen molar-refractivity contribution in [3.8, 4) is 0 Å². The van der Waals surface area contributed by atoms with Crippen molar-refractivity contribution in [2.24, 2.45) is 23.7 Å². The molecule has 2 rings (SSSR count). The van der Waals surface area contributed by atoms with Crippen LogP contribution < -0.4 is 0 Å². The number of aliphatic hydroxyl groups is 3. The highest BCUT2D eigenvalue weighted by Crippen LogP contribution is 2.39. The SMILES string of the molecule is COC(C)(C)CCCCC1CCC(/C=C\C2CCC(CCCCCCO)C2O)C1O. The molecule has 0 aromatic carbocycles. The summed E-state index contributed by atoms with van der Waals surface area (Å²) in [6, 6.07) is 0. The summed E-state index contributed by atoms with van der Waals surface area (Å²) in [6.07, 6.45) is 18.2. The van der Waals surface area contributed by atoms with E-state index in [1.54, 1.807) is 7.11 Å². The lowest BCUT2D eigenvalue weighted by molar-refractivity contribution is 0.0127. The molecule has 0 aromatic heterocycles. The van der Waals surface area contributed by atoms with Crippen molar-refractivity contribution in [1.29, 1.82) is 0 Å². The van der Waals surface area contributed by atoms with Crippen LogP contribution >= 0.6 is 0 Å². The number of rotatable bonds is 14. The van der Waals surface area contributed by atoms with E-state index in [4.69, 9.17) is 9.84 Å². The Morgan fingerprint density at radius 3 is 1.77 bits per heavy atom. The first-order chi connectivity index (χ1) is 14.4. The monoisotopic (exact) mass is 424 g/mol. The fourth-order valence-corrected chi connectivity index (χ4v) is 5.46. The molecule has 2 fully saturated rings. The first-order valence-electron chi connectivity index (χ1n) is 12.6. The largest absolute Gasteiger partial charge is 0.396 e. The zero-order chi connectivity index (χ0) is 22.0. The minimum atomic E-state index is -0.224. The van der Waals surface area contributed by atoms with Gasteiger partial charge in [-0.2, -0.15) is 0 Å². The summed E-state index contributed by atoms with van der Waals surface area (Å²) in [4.78, 5) is 0. The summed E-state index contributed by atoms with van der Waals surface area (Å²) in [6.45, 7) is 4.56. The summed E-state index contributed by atoms with van der Waals surface area (Å²) in [5, 5.41) is 30.3. The topological polar surface area (TPSA) is 69.9 Å². The highest BCUT2D eigenvalue weighted by Gasteiger charge is 2.35. The van der Waals surface area contributed by atoms with Gasteiger partial charge in [-0.1, -0.05) is 44.3 Å². The van der Waals surface area contributed by atoms with Crippen LogP contribution in [0, 0.1) is 23.7 Å². The fourth-order valence-electron chi connectivity index (χ4n) is 5.46. The Hall–Kier alpha value is -0.420. The van der Waals surface area contributed by atoms with Gasteiger partial charge in [-0.15, -0.1) is 0 Å². The van der Waals surface area contributed by atoms with E-state index in [2.05, 4.69) is 26.0 Å². The van der Waals surface area contributed by atoms with Crippen molar-refractivity contribution < 1.29 is 20.1 Å². The van der Waals surface area contributed by atoms with Gasteiger partial charge in [-0.25, -0.2) is 0 Å². The van der Waals surface area contributed by atoms with Crippen molar-refractivity contribution in [3.63, 3.8) is 0 Å². The first-order valence-corrected chi connectivity index (χ1v) is 12.6. The van der Waals surface area contributed by atoms with E-state index in [-0.39, 0.29) is 29.6 Å². The van der Waals surface area contributed by atoms with Gasteiger partial charge in [0.2, 0.25) is 0 Å². The van der Waals surface area contributed by atoms with Crippen LogP contribution in [0.15, 0.2) is 12.2 Å². The predicted molar refractivity (Wildman–Crippen MR) is 123 cm³/mol. The quantitative estimate of drug-likeness (QED) is 0.263. The molecular weight excluding hydrogens is 376 g/mol. The second kappa shape index (κ2) is 13.2. The molecule has 0 saturated heterocycles. The van der Waals surface area contributed by atoms with Gasteiger partial charge in [0.05, 0.1) is 17.8 Å². The van der Waals surface area contributed by atoms with Crippen LogP contribution in [0.2, 0.25) is 0 Å². The van der Waals surface area contributed by atoms with Crippen LogP contribution in [0.5, 0.6) is 0 Å². The maximum atomic E-state index is 10.8. The summed E-state index contributed by atoms with van der Waals surface area (Å²) in [5.41, 5.74) is -0.0427. The molecule has 2 saturated carbocycles. The average Bonchev–Trinajstić information content (AvgIpc) is 3.26. The molecule has 30 heavy (non-hydrogen) atoms. The molecule has 0 aromatic rings. The van der Waals surface area contributed by atoms with Gasteiger partial charge in [0, 0.05) is 25.6 Å². The Labute approximate surface area is 185 Å². The van der Waals surface area contributed by atoms with E-state index < -0.39 is 0 Å². The molecule has 0 spiro atoms. The molecule has 0 aliphatic heterocycles. The van der Waals surface area contributed by atoms with Gasteiger partial charge >= 0.3 is 0 Å². The number of ether oxygens (including phenoxy) is 1. The van der Waals surface area contributed by atoms with Crippen LogP contribution in [0.3, 0.4) is 0 Å². The number of methoxy groups -OCH3 is 1. The van der Waals surface area contributed by atoms with Crippen molar-refractivity contribution in [2.45, 2.75) is 115 Å². The van der Waals surface area contributed by atoms with Crippen molar-refractivity contribution >= 4 is 0 Å². The zero-order valence-corrected chi connectivity index (χ0v) is 19.8. The predicted octanol–water partition coefficient (Wildman–Crippen LogP) is 5.25. The minimum absolute atomic E-state index is 0.0427. The maximum Gasteiger partial charge on any atom is 0.0630 e. The summed E-state index contributed by atoms with van der Waals surface area (Å²) in [7, 11) is 1.78. The van der Waals surface area contributed by atoms with E-state index in [1.165, 1.54) is 0 Å². The molecule has 6 atom stereocenters. The lowest BCUT2D eigenvalue weighted by Gasteiger charge is -2.23. The molecule has 4 heteroatoms. The van der Waals surface area contributed by atoms with Crippen LogP contribution in [-0.4, -0.2) is 46.8 Å². The highest BCUT2D eigenvalue weighted by atomic mass is 16.5. The molecule has 2 aliphatic carbocycles. The maximum absolute atomic E-state index is 10.8. The molecule has 0 bridgehead atoms. The van der Waals surface area contributed by atoms with Crippen LogP contribution in [0.1, 0.15) is 97.3 Å². The number of hydrogen-bond donors (Lipinski definition) is 3. The van der Waals surface area contributed by atoms with Gasteiger partial charge in [0.15, 0.2) is 0 Å². The Morgan fingerprint density at radius 1 is 0.767 bits per heavy atom. The Kier molecular flexibility index (Phi) is 11.4. The molecule has 3 N–H and O–H groups in total. The molecule has 0 heterocycles. The molecule has 176 valence electrons. The van der Waals surface area contributed by atoms with Crippen molar-refractivity contribution in [3.05, 3.63) is 12.2 Å². The molecule has 6 unspecified atom stereocenters. The van der Waals surface area contributed by atoms with Gasteiger partial charge in [0.25, 0.3) is 0 Å². The normalized spacial score (nSPS) is 32.5. The third-order valence-electron chi connectivity index (χ3n) is 7.83. The second-order valence-electron chi connectivity index (χ2n) is 10.5. The minimum Gasteiger partial charge on any atom is -0.396 e. The molecular formula is C26H48O4. The molecule has 2 aliphatic rings. The number of aliphatic hydroxyl groups excluding tert-OH is 3. The van der Waals surface area contributed by atoms with Crippen LogP contribution in [0.4, 0.5) is 0 Å². The summed E-state index contributed by atoms with van der Waals surface area (Å²) < 4.78 is 5.49. The summed E-state index contributed by atoms with van der Waals surface area (Å²) in [5.74, 6) is 1.36. The lowest BCUT2D eigenvalue weighted by Crippen LogP contribution is -2.23. The van der Waals surface area contributed by atoms with Gasteiger partial charge in [-0.05, 0) is 77.0 Å². The van der Waals surface area contributed by atoms with E-state index in [0.29, 0.717) is 18.4 Å². The van der Waals surface area contributed by atoms with Crippen LogP contribution in [0.25, 0.3) is 0 Å². The number of hydrogen-bond acceptors (Lipinski definition) is 4. The second-order valence-corrected chi connectivity index (χ2v) is 10.5. The zero-order valence-electron chi connectivity index (χ0n) is 19.8. The third-order valence-corrected chi connectivity index (χ3v) is 7.83. The molecule has 0 radical (unpaired) electrons. The van der Waals surface area contributed by atoms with Gasteiger partial charge in [0.1, 0.15) is 0 Å². The van der Waals surface area contributed by atoms with Crippen molar-refractivity contribution in [1.82, 2.24) is 0 Å². The van der Waals surface area contributed by atoms with E-state index in [0.717, 1.165) is 83.5 Å². The summed E-state index contributed by atoms with van der Waals surface area (Å²) >= 11 is 0.